The van der Waals surface area contributed by atoms with E-state index in [-0.39, 0.29) is 11.3 Å². The number of hydrogen-bond acceptors (Lipinski definition) is 7. The molecular weight excluding hydrogens is 368 g/mol. The molecule has 3 aromatic rings. The van der Waals surface area contributed by atoms with E-state index in [0.29, 0.717) is 24.8 Å². The molecule has 1 amide bonds. The van der Waals surface area contributed by atoms with Crippen molar-refractivity contribution in [2.45, 2.75) is 26.3 Å². The van der Waals surface area contributed by atoms with Crippen molar-refractivity contribution in [3.05, 3.63) is 54.2 Å². The number of hydrogen-bond donors (Lipinski definition) is 0. The summed E-state index contributed by atoms with van der Waals surface area (Å²) in [4.78, 5) is 30.5. The Labute approximate surface area is 168 Å². The van der Waals surface area contributed by atoms with Gasteiger partial charge in [-0.05, 0) is 44.0 Å². The van der Waals surface area contributed by atoms with Crippen LogP contribution in [0.3, 0.4) is 0 Å². The van der Waals surface area contributed by atoms with E-state index >= 15 is 0 Å². The molecule has 0 bridgehead atoms. The molecule has 3 aromatic heterocycles. The first-order chi connectivity index (χ1) is 14.1. The minimum atomic E-state index is -0.326. The molecule has 2 aliphatic rings. The minimum Gasteiger partial charge on any atom is -0.355 e. The molecule has 0 radical (unpaired) electrons. The number of pyridine rings is 2. The predicted octanol–water partition coefficient (Wildman–Crippen LogP) is 2.46. The lowest BCUT2D eigenvalue weighted by molar-refractivity contribution is -0.135. The van der Waals surface area contributed by atoms with Gasteiger partial charge in [0.05, 0.1) is 17.7 Å². The number of amides is 1. The molecule has 2 saturated heterocycles. The maximum absolute atomic E-state index is 13.2. The average molecular weight is 390 g/mol. The third-order valence-corrected chi connectivity index (χ3v) is 5.88. The van der Waals surface area contributed by atoms with E-state index < -0.39 is 0 Å². The highest BCUT2D eigenvalue weighted by Gasteiger charge is 2.50. The highest BCUT2D eigenvalue weighted by atomic mass is 16.5. The van der Waals surface area contributed by atoms with Crippen LogP contribution in [0.1, 0.15) is 24.4 Å². The molecule has 0 aliphatic carbocycles. The third kappa shape index (κ3) is 3.24. The molecule has 5 rings (SSSR count). The molecule has 0 N–H and O–H groups in total. The van der Waals surface area contributed by atoms with E-state index in [4.69, 9.17) is 4.52 Å². The Balaban J connectivity index is 1.32. The zero-order valence-corrected chi connectivity index (χ0v) is 16.3. The van der Waals surface area contributed by atoms with Gasteiger partial charge in [0, 0.05) is 37.6 Å². The summed E-state index contributed by atoms with van der Waals surface area (Å²) in [6.07, 6.45) is 5.24. The highest BCUT2D eigenvalue weighted by molar-refractivity contribution is 5.86. The van der Waals surface area contributed by atoms with E-state index in [0.717, 1.165) is 43.0 Å². The van der Waals surface area contributed by atoms with Crippen LogP contribution >= 0.6 is 0 Å². The van der Waals surface area contributed by atoms with E-state index in [1.54, 1.807) is 19.3 Å². The van der Waals surface area contributed by atoms with Gasteiger partial charge in [-0.2, -0.15) is 4.98 Å². The summed E-state index contributed by atoms with van der Waals surface area (Å²) in [5, 5.41) is 3.86. The van der Waals surface area contributed by atoms with Crippen molar-refractivity contribution in [3.63, 3.8) is 0 Å². The van der Waals surface area contributed by atoms with Crippen molar-refractivity contribution in [1.29, 1.82) is 0 Å². The van der Waals surface area contributed by atoms with Gasteiger partial charge >= 0.3 is 0 Å². The number of aryl methyl sites for hydroxylation is 1. The summed E-state index contributed by atoms with van der Waals surface area (Å²) in [6, 6.07) is 9.63. The Bertz CT molecular complexity index is 1040. The van der Waals surface area contributed by atoms with Gasteiger partial charge in [-0.25, -0.2) is 4.98 Å². The second-order valence-electron chi connectivity index (χ2n) is 7.80. The summed E-state index contributed by atoms with van der Waals surface area (Å²) in [6.45, 7) is 4.64. The number of carbonyl (C=O) groups is 1. The molecule has 29 heavy (non-hydrogen) atoms. The van der Waals surface area contributed by atoms with Gasteiger partial charge in [-0.3, -0.25) is 9.78 Å². The zero-order valence-electron chi connectivity index (χ0n) is 16.3. The van der Waals surface area contributed by atoms with Crippen molar-refractivity contribution >= 4 is 11.7 Å². The number of anilines is 1. The monoisotopic (exact) mass is 390 g/mol. The first kappa shape index (κ1) is 17.8. The van der Waals surface area contributed by atoms with Crippen LogP contribution in [0.25, 0.3) is 11.5 Å². The predicted molar refractivity (Wildman–Crippen MR) is 106 cm³/mol. The molecule has 1 unspecified atom stereocenters. The lowest BCUT2D eigenvalue weighted by Crippen LogP contribution is -2.37. The second-order valence-corrected chi connectivity index (χ2v) is 7.80. The molecule has 2 aliphatic heterocycles. The van der Waals surface area contributed by atoms with Crippen molar-refractivity contribution in [2.75, 3.05) is 24.5 Å². The van der Waals surface area contributed by atoms with Gasteiger partial charge in [0.1, 0.15) is 5.82 Å². The van der Waals surface area contributed by atoms with Gasteiger partial charge < -0.3 is 14.3 Å². The number of likely N-dealkylation sites (tertiary alicyclic amines) is 1. The highest BCUT2D eigenvalue weighted by Crippen LogP contribution is 2.42. The van der Waals surface area contributed by atoms with E-state index in [9.17, 15) is 4.79 Å². The molecule has 8 heteroatoms. The van der Waals surface area contributed by atoms with Crippen LogP contribution in [0.15, 0.2) is 47.2 Å². The topological polar surface area (TPSA) is 88.3 Å². The van der Waals surface area contributed by atoms with Gasteiger partial charge in [-0.1, -0.05) is 11.2 Å². The largest absolute Gasteiger partial charge is 0.355 e. The fourth-order valence-corrected chi connectivity index (χ4v) is 4.32. The van der Waals surface area contributed by atoms with Crippen LogP contribution in [0, 0.1) is 12.3 Å². The molecule has 148 valence electrons. The number of nitrogens with zero attached hydrogens (tertiary/aromatic N) is 6. The van der Waals surface area contributed by atoms with Crippen LogP contribution in [0.5, 0.6) is 0 Å². The lowest BCUT2D eigenvalue weighted by atomic mass is 9.85. The molecule has 1 atom stereocenters. The summed E-state index contributed by atoms with van der Waals surface area (Å²) >= 11 is 0. The van der Waals surface area contributed by atoms with Crippen molar-refractivity contribution < 1.29 is 9.32 Å². The van der Waals surface area contributed by atoms with Crippen molar-refractivity contribution in [1.82, 2.24) is 25.0 Å². The van der Waals surface area contributed by atoms with E-state index in [1.807, 2.05) is 35.2 Å². The quantitative estimate of drug-likeness (QED) is 0.676. The standard InChI is InChI=1S/C21H22N6O2/c1-15-24-19(29-25-15)16-5-9-23-18(12-16)27-11-7-21(14-27)6-10-26(20(21)28)13-17-4-2-3-8-22-17/h2-5,8-9,12H,6-7,10-11,13-14H2,1H3. The maximum atomic E-state index is 13.2. The van der Waals surface area contributed by atoms with Gasteiger partial charge in [-0.15, -0.1) is 0 Å². The summed E-state index contributed by atoms with van der Waals surface area (Å²) < 4.78 is 5.27. The van der Waals surface area contributed by atoms with E-state index in [2.05, 4.69) is 25.0 Å². The Morgan fingerprint density at radius 2 is 2.03 bits per heavy atom. The smallest absolute Gasteiger partial charge is 0.258 e. The summed E-state index contributed by atoms with van der Waals surface area (Å²) in [5.41, 5.74) is 1.44. The third-order valence-electron chi connectivity index (χ3n) is 5.88. The molecule has 1 spiro atoms. The number of carbonyl (C=O) groups excluding carboxylic acids is 1. The Hall–Kier alpha value is -3.29. The average Bonchev–Trinajstić information content (AvgIpc) is 3.45. The molecule has 0 saturated carbocycles. The first-order valence-corrected chi connectivity index (χ1v) is 9.84. The molecule has 0 aromatic carbocycles. The van der Waals surface area contributed by atoms with Crippen LogP contribution < -0.4 is 4.90 Å². The van der Waals surface area contributed by atoms with Gasteiger partial charge in [0.25, 0.3) is 5.89 Å². The fourth-order valence-electron chi connectivity index (χ4n) is 4.32. The summed E-state index contributed by atoms with van der Waals surface area (Å²) in [5.74, 6) is 2.15. The molecule has 5 heterocycles. The first-order valence-electron chi connectivity index (χ1n) is 9.84. The van der Waals surface area contributed by atoms with Gasteiger partial charge in [0.2, 0.25) is 5.91 Å². The number of aromatic nitrogens is 4. The van der Waals surface area contributed by atoms with Crippen LogP contribution in [-0.4, -0.2) is 50.5 Å². The van der Waals surface area contributed by atoms with Gasteiger partial charge in [0.15, 0.2) is 5.82 Å². The lowest BCUT2D eigenvalue weighted by Gasteiger charge is -2.24. The molecular formula is C21H22N6O2. The van der Waals surface area contributed by atoms with Crippen LogP contribution in [-0.2, 0) is 11.3 Å². The zero-order chi connectivity index (χ0) is 19.8. The molecule has 8 nitrogen and oxygen atoms in total. The fraction of sp³-hybridized carbons (Fsp3) is 0.381. The summed E-state index contributed by atoms with van der Waals surface area (Å²) in [7, 11) is 0. The maximum Gasteiger partial charge on any atom is 0.258 e. The Morgan fingerprint density at radius 3 is 2.83 bits per heavy atom. The second kappa shape index (κ2) is 6.95. The van der Waals surface area contributed by atoms with Crippen LogP contribution in [0.2, 0.25) is 0 Å². The number of rotatable bonds is 4. The SMILES string of the molecule is Cc1noc(-c2ccnc(N3CCC4(CCN(Cc5ccccn5)C4=O)C3)c2)n1. The molecule has 2 fully saturated rings. The van der Waals surface area contributed by atoms with Crippen molar-refractivity contribution in [3.8, 4) is 11.5 Å². The Kier molecular flexibility index (Phi) is 4.26. The minimum absolute atomic E-state index is 0.231. The normalized spacial score (nSPS) is 21.5. The van der Waals surface area contributed by atoms with E-state index in [1.165, 1.54) is 0 Å². The van der Waals surface area contributed by atoms with Crippen LogP contribution in [0.4, 0.5) is 5.82 Å². The van der Waals surface area contributed by atoms with Crippen molar-refractivity contribution in [2.24, 2.45) is 5.41 Å². The Morgan fingerprint density at radius 1 is 1.14 bits per heavy atom.